The Bertz CT molecular complexity index is 707. The SMILES string of the molecule is CNC(CCOc1ccccc1OC)c1ccc(OC(=O)N(C)C)cc1.Cl. The number of amides is 1. The summed E-state index contributed by atoms with van der Waals surface area (Å²) in [4.78, 5) is 13.0. The predicted octanol–water partition coefficient (Wildman–Crippen LogP) is 3.91. The van der Waals surface area contributed by atoms with Gasteiger partial charge >= 0.3 is 6.09 Å². The number of para-hydroxylation sites is 2. The Kier molecular flexibility index (Phi) is 9.47. The zero-order chi connectivity index (χ0) is 18.9. The van der Waals surface area contributed by atoms with E-state index in [1.807, 2.05) is 43.4 Å². The van der Waals surface area contributed by atoms with E-state index in [1.165, 1.54) is 4.90 Å². The summed E-state index contributed by atoms with van der Waals surface area (Å²) in [7, 11) is 6.84. The lowest BCUT2D eigenvalue weighted by molar-refractivity contribution is 0.172. The molecule has 0 aliphatic carbocycles. The molecule has 27 heavy (non-hydrogen) atoms. The summed E-state index contributed by atoms with van der Waals surface area (Å²) in [5.41, 5.74) is 1.10. The van der Waals surface area contributed by atoms with Gasteiger partial charge in [0.25, 0.3) is 0 Å². The molecule has 0 saturated heterocycles. The van der Waals surface area contributed by atoms with E-state index in [4.69, 9.17) is 14.2 Å². The van der Waals surface area contributed by atoms with Gasteiger partial charge in [-0.15, -0.1) is 12.4 Å². The van der Waals surface area contributed by atoms with E-state index in [-0.39, 0.29) is 18.4 Å². The van der Waals surface area contributed by atoms with E-state index in [0.717, 1.165) is 23.5 Å². The molecule has 2 aromatic carbocycles. The second-order valence-corrected chi connectivity index (χ2v) is 5.96. The van der Waals surface area contributed by atoms with Gasteiger partial charge in [0.1, 0.15) is 5.75 Å². The lowest BCUT2D eigenvalue weighted by Crippen LogP contribution is -2.25. The van der Waals surface area contributed by atoms with Crippen LogP contribution in [-0.2, 0) is 0 Å². The highest BCUT2D eigenvalue weighted by atomic mass is 35.5. The van der Waals surface area contributed by atoms with Gasteiger partial charge in [0.15, 0.2) is 11.5 Å². The maximum atomic E-state index is 11.6. The van der Waals surface area contributed by atoms with Crippen LogP contribution in [0.2, 0.25) is 0 Å². The molecule has 6 nitrogen and oxygen atoms in total. The summed E-state index contributed by atoms with van der Waals surface area (Å²) in [5, 5.41) is 3.28. The normalized spacial score (nSPS) is 11.1. The average Bonchev–Trinajstić information content (AvgIpc) is 2.66. The lowest BCUT2D eigenvalue weighted by Gasteiger charge is -2.18. The average molecular weight is 395 g/mol. The van der Waals surface area contributed by atoms with Gasteiger partial charge in [-0.3, -0.25) is 0 Å². The Balaban J connectivity index is 0.00000364. The van der Waals surface area contributed by atoms with E-state index >= 15 is 0 Å². The first-order valence-corrected chi connectivity index (χ1v) is 8.47. The summed E-state index contributed by atoms with van der Waals surface area (Å²) in [6.45, 7) is 0.545. The lowest BCUT2D eigenvalue weighted by atomic mass is 10.0. The van der Waals surface area contributed by atoms with Gasteiger partial charge in [-0.05, 0) is 36.9 Å². The van der Waals surface area contributed by atoms with Gasteiger partial charge < -0.3 is 24.4 Å². The van der Waals surface area contributed by atoms with Crippen LogP contribution in [0.5, 0.6) is 17.2 Å². The number of halogens is 1. The third-order valence-electron chi connectivity index (χ3n) is 3.93. The van der Waals surface area contributed by atoms with Crippen molar-refractivity contribution in [1.82, 2.24) is 10.2 Å². The third-order valence-corrected chi connectivity index (χ3v) is 3.93. The topological polar surface area (TPSA) is 60.0 Å². The molecule has 1 N–H and O–H groups in total. The molecule has 0 aliphatic heterocycles. The van der Waals surface area contributed by atoms with Crippen molar-refractivity contribution >= 4 is 18.5 Å². The first-order valence-electron chi connectivity index (χ1n) is 8.47. The van der Waals surface area contributed by atoms with Crippen molar-refractivity contribution in [1.29, 1.82) is 0 Å². The van der Waals surface area contributed by atoms with Gasteiger partial charge in [0, 0.05) is 26.6 Å². The fraction of sp³-hybridized carbons (Fsp3) is 0.350. The van der Waals surface area contributed by atoms with Crippen LogP contribution >= 0.6 is 12.4 Å². The van der Waals surface area contributed by atoms with Crippen molar-refractivity contribution in [2.75, 3.05) is 34.9 Å². The summed E-state index contributed by atoms with van der Waals surface area (Å²) < 4.78 is 16.4. The summed E-state index contributed by atoms with van der Waals surface area (Å²) in [6, 6.07) is 15.2. The molecule has 1 unspecified atom stereocenters. The molecule has 0 fully saturated rings. The number of hydrogen-bond acceptors (Lipinski definition) is 5. The Hall–Kier alpha value is -2.44. The first kappa shape index (κ1) is 22.6. The van der Waals surface area contributed by atoms with Crippen molar-refractivity contribution in [3.05, 3.63) is 54.1 Å². The van der Waals surface area contributed by atoms with Crippen LogP contribution in [0.4, 0.5) is 4.79 Å². The molecule has 2 aromatic rings. The zero-order valence-electron chi connectivity index (χ0n) is 16.1. The number of carbonyl (C=O) groups is 1. The van der Waals surface area contributed by atoms with E-state index in [1.54, 1.807) is 33.3 Å². The molecule has 7 heteroatoms. The molecule has 0 heterocycles. The Morgan fingerprint density at radius 2 is 1.70 bits per heavy atom. The summed E-state index contributed by atoms with van der Waals surface area (Å²) in [6.07, 6.45) is 0.388. The fourth-order valence-electron chi connectivity index (χ4n) is 2.46. The van der Waals surface area contributed by atoms with Crippen LogP contribution in [0.1, 0.15) is 18.0 Å². The van der Waals surface area contributed by atoms with Crippen molar-refractivity contribution in [2.45, 2.75) is 12.5 Å². The highest BCUT2D eigenvalue weighted by Gasteiger charge is 2.12. The molecule has 0 radical (unpaired) electrons. The fourth-order valence-corrected chi connectivity index (χ4v) is 2.46. The van der Waals surface area contributed by atoms with Crippen LogP contribution < -0.4 is 19.5 Å². The summed E-state index contributed by atoms with van der Waals surface area (Å²) in [5.74, 6) is 1.98. The number of nitrogens with zero attached hydrogens (tertiary/aromatic N) is 1. The largest absolute Gasteiger partial charge is 0.493 e. The number of ether oxygens (including phenoxy) is 3. The second-order valence-electron chi connectivity index (χ2n) is 5.96. The third kappa shape index (κ3) is 6.66. The van der Waals surface area contributed by atoms with Gasteiger partial charge in [-0.25, -0.2) is 4.79 Å². The van der Waals surface area contributed by atoms with Crippen LogP contribution in [0, 0.1) is 0 Å². The molecule has 0 aliphatic rings. The van der Waals surface area contributed by atoms with Crippen molar-refractivity contribution in [3.63, 3.8) is 0 Å². The highest BCUT2D eigenvalue weighted by molar-refractivity contribution is 5.85. The zero-order valence-corrected chi connectivity index (χ0v) is 16.9. The summed E-state index contributed by atoms with van der Waals surface area (Å²) >= 11 is 0. The number of methoxy groups -OCH3 is 1. The predicted molar refractivity (Wildman–Crippen MR) is 108 cm³/mol. The van der Waals surface area contributed by atoms with Gasteiger partial charge in [-0.2, -0.15) is 0 Å². The Labute approximate surface area is 166 Å². The highest BCUT2D eigenvalue weighted by Crippen LogP contribution is 2.27. The van der Waals surface area contributed by atoms with Crippen molar-refractivity contribution in [3.8, 4) is 17.2 Å². The molecule has 1 amide bonds. The minimum absolute atomic E-state index is 0. The minimum atomic E-state index is -0.395. The number of nitrogens with one attached hydrogen (secondary N) is 1. The molecule has 2 rings (SSSR count). The van der Waals surface area contributed by atoms with Crippen LogP contribution in [-0.4, -0.2) is 45.9 Å². The van der Waals surface area contributed by atoms with E-state index in [0.29, 0.717) is 12.4 Å². The molecule has 0 bridgehead atoms. The molecular formula is C20H27ClN2O4. The number of benzene rings is 2. The Morgan fingerprint density at radius 1 is 1.07 bits per heavy atom. The van der Waals surface area contributed by atoms with Gasteiger partial charge in [-0.1, -0.05) is 24.3 Å². The van der Waals surface area contributed by atoms with Crippen LogP contribution in [0.15, 0.2) is 48.5 Å². The number of carbonyl (C=O) groups excluding carboxylic acids is 1. The monoisotopic (exact) mass is 394 g/mol. The molecule has 0 spiro atoms. The van der Waals surface area contributed by atoms with Gasteiger partial charge in [0.05, 0.1) is 13.7 Å². The number of rotatable bonds is 8. The van der Waals surface area contributed by atoms with Gasteiger partial charge in [0.2, 0.25) is 0 Å². The van der Waals surface area contributed by atoms with Crippen molar-refractivity contribution in [2.24, 2.45) is 0 Å². The standard InChI is InChI=1S/C20H26N2O4.ClH/c1-21-17(13-14-25-19-8-6-5-7-18(19)24-4)15-9-11-16(12-10-15)26-20(23)22(2)3;/h5-12,17,21H,13-14H2,1-4H3;1H. The van der Waals surface area contributed by atoms with E-state index in [9.17, 15) is 4.79 Å². The molecule has 1 atom stereocenters. The van der Waals surface area contributed by atoms with Crippen LogP contribution in [0.25, 0.3) is 0 Å². The maximum Gasteiger partial charge on any atom is 0.414 e. The Morgan fingerprint density at radius 3 is 2.26 bits per heavy atom. The molecule has 0 saturated carbocycles. The van der Waals surface area contributed by atoms with E-state index in [2.05, 4.69) is 5.32 Å². The van der Waals surface area contributed by atoms with E-state index < -0.39 is 6.09 Å². The first-order chi connectivity index (χ1) is 12.5. The number of hydrogen-bond donors (Lipinski definition) is 1. The molecular weight excluding hydrogens is 368 g/mol. The van der Waals surface area contributed by atoms with Crippen molar-refractivity contribution < 1.29 is 19.0 Å². The smallest absolute Gasteiger partial charge is 0.414 e. The molecule has 148 valence electrons. The minimum Gasteiger partial charge on any atom is -0.493 e. The van der Waals surface area contributed by atoms with Crippen LogP contribution in [0.3, 0.4) is 0 Å². The quantitative estimate of drug-likeness (QED) is 0.735. The maximum absolute atomic E-state index is 11.6. The molecule has 0 aromatic heterocycles. The second kappa shape index (κ2) is 11.3.